The van der Waals surface area contributed by atoms with E-state index in [1.807, 2.05) is 50.2 Å². The lowest BCUT2D eigenvalue weighted by Crippen LogP contribution is -2.04. The maximum atomic E-state index is 13.3. The lowest BCUT2D eigenvalue weighted by atomic mass is 10.00. The minimum atomic E-state index is -0.274. The molecule has 1 nitrogen and oxygen atoms in total. The number of rotatable bonds is 4. The molecule has 0 heterocycles. The number of thiocarbonyl (C=S) groups is 1. The van der Waals surface area contributed by atoms with Crippen LogP contribution in [0.25, 0.3) is 0 Å². The molecule has 0 atom stereocenters. The van der Waals surface area contributed by atoms with Crippen LogP contribution in [0, 0.1) is 19.7 Å². The van der Waals surface area contributed by atoms with Gasteiger partial charge in [0, 0.05) is 21.4 Å². The van der Waals surface area contributed by atoms with E-state index in [0.29, 0.717) is 9.89 Å². The summed E-state index contributed by atoms with van der Waals surface area (Å²) in [6, 6.07) is 16.3. The summed E-state index contributed by atoms with van der Waals surface area (Å²) in [5.74, 6) is -0.274. The smallest absolute Gasteiger partial charge is 0.123 e. The molecule has 0 aliphatic rings. The lowest BCUT2D eigenvalue weighted by molar-refractivity contribution is 0.626. The third-order valence-electron chi connectivity index (χ3n) is 4.11. The second kappa shape index (κ2) is 7.87. The monoisotopic (exact) mass is 447 g/mol. The molecule has 0 aliphatic carbocycles. The van der Waals surface area contributed by atoms with Crippen molar-refractivity contribution in [2.24, 2.45) is 0 Å². The molecule has 3 aromatic carbocycles. The highest BCUT2D eigenvalue weighted by molar-refractivity contribution is 9.10. The van der Waals surface area contributed by atoms with E-state index >= 15 is 0 Å². The van der Waals surface area contributed by atoms with Crippen molar-refractivity contribution in [3.05, 3.63) is 92.2 Å². The number of aryl methyl sites for hydroxylation is 2. The van der Waals surface area contributed by atoms with Gasteiger partial charge in [0.15, 0.2) is 0 Å². The van der Waals surface area contributed by atoms with Crippen LogP contribution in [-0.2, 0) is 0 Å². The first kappa shape index (κ1) is 19.0. The van der Waals surface area contributed by atoms with Crippen molar-refractivity contribution in [2.75, 3.05) is 5.32 Å². The zero-order valence-corrected chi connectivity index (χ0v) is 17.4. The molecular formula is C21H16BrClFNS. The highest BCUT2D eigenvalue weighted by Crippen LogP contribution is 2.29. The Labute approximate surface area is 171 Å². The Morgan fingerprint density at radius 3 is 2.35 bits per heavy atom. The average molecular weight is 449 g/mol. The van der Waals surface area contributed by atoms with E-state index in [1.54, 1.807) is 6.07 Å². The number of anilines is 2. The molecule has 3 rings (SSSR count). The maximum absolute atomic E-state index is 13.3. The van der Waals surface area contributed by atoms with Crippen molar-refractivity contribution in [1.29, 1.82) is 0 Å². The molecule has 0 aromatic heterocycles. The van der Waals surface area contributed by atoms with Crippen LogP contribution < -0.4 is 5.32 Å². The fourth-order valence-electron chi connectivity index (χ4n) is 2.73. The third kappa shape index (κ3) is 4.14. The Kier molecular flexibility index (Phi) is 5.76. The molecule has 0 saturated heterocycles. The van der Waals surface area contributed by atoms with E-state index in [9.17, 15) is 4.39 Å². The number of hydrogen-bond acceptors (Lipinski definition) is 2. The van der Waals surface area contributed by atoms with Gasteiger partial charge < -0.3 is 5.32 Å². The summed E-state index contributed by atoms with van der Waals surface area (Å²) in [6.07, 6.45) is 0. The summed E-state index contributed by atoms with van der Waals surface area (Å²) in [4.78, 5) is 0.610. The van der Waals surface area contributed by atoms with E-state index < -0.39 is 0 Å². The van der Waals surface area contributed by atoms with Gasteiger partial charge in [-0.2, -0.15) is 0 Å². The van der Waals surface area contributed by atoms with E-state index in [-0.39, 0.29) is 5.82 Å². The van der Waals surface area contributed by atoms with Crippen LogP contribution in [-0.4, -0.2) is 4.86 Å². The molecule has 0 amide bonds. The van der Waals surface area contributed by atoms with Crippen molar-refractivity contribution >= 4 is 56.0 Å². The highest BCUT2D eigenvalue weighted by atomic mass is 79.9. The minimum Gasteiger partial charge on any atom is -0.355 e. The van der Waals surface area contributed by atoms with Crippen molar-refractivity contribution in [2.45, 2.75) is 13.8 Å². The summed E-state index contributed by atoms with van der Waals surface area (Å²) < 4.78 is 14.4. The SMILES string of the molecule is Cc1cc(Br)ccc1Nc1ccc(C(=S)c2ccc(F)cc2C)c(Cl)c1. The summed E-state index contributed by atoms with van der Waals surface area (Å²) in [6.45, 7) is 3.88. The van der Waals surface area contributed by atoms with Gasteiger partial charge in [0.25, 0.3) is 0 Å². The van der Waals surface area contributed by atoms with E-state index in [4.69, 9.17) is 23.8 Å². The molecule has 0 unspecified atom stereocenters. The molecule has 132 valence electrons. The van der Waals surface area contributed by atoms with E-state index in [2.05, 4.69) is 21.2 Å². The van der Waals surface area contributed by atoms with Crippen molar-refractivity contribution < 1.29 is 4.39 Å². The first-order valence-corrected chi connectivity index (χ1v) is 9.56. The normalized spacial score (nSPS) is 10.7. The third-order valence-corrected chi connectivity index (χ3v) is 5.36. The largest absolute Gasteiger partial charge is 0.355 e. The summed E-state index contributed by atoms with van der Waals surface area (Å²) in [7, 11) is 0. The predicted molar refractivity (Wildman–Crippen MR) is 116 cm³/mol. The van der Waals surface area contributed by atoms with Gasteiger partial charge in [-0.05, 0) is 79.1 Å². The Hall–Kier alpha value is -1.75. The Morgan fingerprint density at radius 1 is 0.962 bits per heavy atom. The van der Waals surface area contributed by atoms with Crippen molar-refractivity contribution in [3.63, 3.8) is 0 Å². The molecule has 0 spiro atoms. The predicted octanol–water partition coefficient (Wildman–Crippen LogP) is 7.37. The zero-order chi connectivity index (χ0) is 18.8. The van der Waals surface area contributed by atoms with Gasteiger partial charge in [0.1, 0.15) is 5.82 Å². The molecule has 26 heavy (non-hydrogen) atoms. The van der Waals surface area contributed by atoms with E-state index in [0.717, 1.165) is 38.1 Å². The summed E-state index contributed by atoms with van der Waals surface area (Å²) in [5, 5.41) is 3.92. The minimum absolute atomic E-state index is 0.274. The van der Waals surface area contributed by atoms with Crippen LogP contribution in [0.2, 0.25) is 5.02 Å². The Morgan fingerprint density at radius 2 is 1.69 bits per heavy atom. The van der Waals surface area contributed by atoms with Crippen LogP contribution in [0.5, 0.6) is 0 Å². The molecular weight excluding hydrogens is 433 g/mol. The molecule has 1 N–H and O–H groups in total. The number of hydrogen-bond donors (Lipinski definition) is 1. The molecule has 0 radical (unpaired) electrons. The summed E-state index contributed by atoms with van der Waals surface area (Å²) in [5.41, 5.74) is 5.37. The van der Waals surface area contributed by atoms with Gasteiger partial charge in [-0.1, -0.05) is 45.8 Å². The fraction of sp³-hybridized carbons (Fsp3) is 0.0952. The standard InChI is InChI=1S/C21H16BrClFNS/c1-12-10-15(24)4-6-17(12)21(26)18-7-5-16(11-19(18)23)25-20-8-3-14(22)9-13(20)2/h3-11,25H,1-2H3. The highest BCUT2D eigenvalue weighted by Gasteiger charge is 2.12. The maximum Gasteiger partial charge on any atom is 0.123 e. The van der Waals surface area contributed by atoms with Crippen LogP contribution in [0.3, 0.4) is 0 Å². The number of halogens is 3. The quantitative estimate of drug-likeness (QED) is 0.330. The van der Waals surface area contributed by atoms with Crippen LogP contribution >= 0.6 is 39.7 Å². The molecule has 0 bridgehead atoms. The first-order chi connectivity index (χ1) is 12.3. The number of benzene rings is 3. The van der Waals surface area contributed by atoms with Gasteiger partial charge in [-0.3, -0.25) is 0 Å². The van der Waals surface area contributed by atoms with Crippen LogP contribution in [0.4, 0.5) is 15.8 Å². The average Bonchev–Trinajstić information content (AvgIpc) is 2.57. The van der Waals surface area contributed by atoms with E-state index in [1.165, 1.54) is 12.1 Å². The van der Waals surface area contributed by atoms with Gasteiger partial charge in [0.2, 0.25) is 0 Å². The lowest BCUT2D eigenvalue weighted by Gasteiger charge is -2.13. The Bertz CT molecular complexity index is 1000. The summed E-state index contributed by atoms with van der Waals surface area (Å²) >= 11 is 15.5. The van der Waals surface area contributed by atoms with Gasteiger partial charge in [0.05, 0.1) is 9.89 Å². The molecule has 0 fully saturated rings. The zero-order valence-electron chi connectivity index (χ0n) is 14.2. The van der Waals surface area contributed by atoms with Crippen molar-refractivity contribution in [1.82, 2.24) is 0 Å². The second-order valence-electron chi connectivity index (χ2n) is 6.07. The topological polar surface area (TPSA) is 12.0 Å². The molecule has 5 heteroatoms. The van der Waals surface area contributed by atoms with Gasteiger partial charge in [-0.15, -0.1) is 0 Å². The van der Waals surface area contributed by atoms with Crippen LogP contribution in [0.15, 0.2) is 59.1 Å². The van der Waals surface area contributed by atoms with Crippen LogP contribution in [0.1, 0.15) is 22.3 Å². The second-order valence-corrected chi connectivity index (χ2v) is 7.80. The molecule has 0 saturated carbocycles. The first-order valence-electron chi connectivity index (χ1n) is 7.99. The van der Waals surface area contributed by atoms with Gasteiger partial charge >= 0.3 is 0 Å². The van der Waals surface area contributed by atoms with Gasteiger partial charge in [-0.25, -0.2) is 4.39 Å². The van der Waals surface area contributed by atoms with Crippen molar-refractivity contribution in [3.8, 4) is 0 Å². The molecule has 0 aliphatic heterocycles. The fourth-order valence-corrected chi connectivity index (χ4v) is 3.94. The molecule has 3 aromatic rings. The number of nitrogens with one attached hydrogen (secondary N) is 1. The Balaban J connectivity index is 1.88.